The van der Waals surface area contributed by atoms with E-state index in [0.29, 0.717) is 6.54 Å². The summed E-state index contributed by atoms with van der Waals surface area (Å²) in [6.45, 7) is 8.40. The van der Waals surface area contributed by atoms with Gasteiger partial charge in [-0.05, 0) is 22.6 Å². The summed E-state index contributed by atoms with van der Waals surface area (Å²) in [7, 11) is 0. The van der Waals surface area contributed by atoms with Gasteiger partial charge in [-0.1, -0.05) is 69.3 Å². The molecule has 4 nitrogen and oxygen atoms in total. The van der Waals surface area contributed by atoms with E-state index in [4.69, 9.17) is 5.73 Å². The number of likely N-dealkylation sites (tertiary alicyclic amines) is 1. The van der Waals surface area contributed by atoms with Crippen molar-refractivity contribution in [2.75, 3.05) is 25.0 Å². The van der Waals surface area contributed by atoms with Gasteiger partial charge in [0.1, 0.15) is 0 Å². The second-order valence-corrected chi connectivity index (χ2v) is 8.22. The molecule has 1 fully saturated rings. The zero-order valence-electron chi connectivity index (χ0n) is 15.9. The lowest BCUT2D eigenvalue weighted by Gasteiger charge is -2.23. The maximum atomic E-state index is 12.6. The van der Waals surface area contributed by atoms with Gasteiger partial charge in [-0.2, -0.15) is 0 Å². The summed E-state index contributed by atoms with van der Waals surface area (Å²) >= 11 is 0. The zero-order chi connectivity index (χ0) is 18.7. The van der Waals surface area contributed by atoms with E-state index in [1.807, 2.05) is 36.4 Å². The summed E-state index contributed by atoms with van der Waals surface area (Å²) in [6.07, 6.45) is 0. The first-order valence-corrected chi connectivity index (χ1v) is 9.27. The molecule has 1 saturated heterocycles. The van der Waals surface area contributed by atoms with Gasteiger partial charge in [0, 0.05) is 30.7 Å². The molecule has 1 aliphatic rings. The standard InChI is InChI=1S/C22H29N3O/c1-22(2,3)18-11-7-8-12-20(18)24-21(26)15-25-13-17(19(23)14-25)16-9-5-4-6-10-16/h4-12,17,19H,13-15,23H2,1-3H3,(H,24,26)/t17-,19+/m0/s1. The van der Waals surface area contributed by atoms with E-state index in [1.54, 1.807) is 0 Å². The van der Waals surface area contributed by atoms with Gasteiger partial charge in [-0.25, -0.2) is 0 Å². The van der Waals surface area contributed by atoms with Crippen LogP contribution in [0, 0.1) is 0 Å². The SMILES string of the molecule is CC(C)(C)c1ccccc1NC(=O)CN1C[C@@H](N)[C@H](c2ccccc2)C1. The Hall–Kier alpha value is -2.17. The minimum atomic E-state index is -0.0156. The summed E-state index contributed by atoms with van der Waals surface area (Å²) in [6, 6.07) is 18.4. The first kappa shape index (κ1) is 18.6. The van der Waals surface area contributed by atoms with Crippen LogP contribution in [0.25, 0.3) is 0 Å². The Bertz CT molecular complexity index is 751. The lowest BCUT2D eigenvalue weighted by atomic mass is 9.86. The number of amides is 1. The Balaban J connectivity index is 1.63. The van der Waals surface area contributed by atoms with Crippen molar-refractivity contribution >= 4 is 11.6 Å². The molecule has 0 radical (unpaired) electrons. The van der Waals surface area contributed by atoms with Gasteiger partial charge in [0.2, 0.25) is 5.91 Å². The fourth-order valence-electron chi connectivity index (χ4n) is 3.73. The van der Waals surface area contributed by atoms with Gasteiger partial charge in [0.25, 0.3) is 0 Å². The van der Waals surface area contributed by atoms with E-state index in [0.717, 1.165) is 24.3 Å². The van der Waals surface area contributed by atoms with Gasteiger partial charge in [-0.15, -0.1) is 0 Å². The van der Waals surface area contributed by atoms with Crippen molar-refractivity contribution in [3.63, 3.8) is 0 Å². The number of carbonyl (C=O) groups is 1. The number of para-hydroxylation sites is 1. The summed E-state index contributed by atoms with van der Waals surface area (Å²) < 4.78 is 0. The molecule has 0 spiro atoms. The molecule has 3 rings (SSSR count). The van der Waals surface area contributed by atoms with Gasteiger partial charge < -0.3 is 11.1 Å². The molecule has 0 aliphatic carbocycles. The van der Waals surface area contributed by atoms with E-state index >= 15 is 0 Å². The molecule has 2 aromatic rings. The molecular formula is C22H29N3O. The second-order valence-electron chi connectivity index (χ2n) is 8.22. The van der Waals surface area contributed by atoms with Crippen LogP contribution in [-0.2, 0) is 10.2 Å². The smallest absolute Gasteiger partial charge is 0.238 e. The lowest BCUT2D eigenvalue weighted by Crippen LogP contribution is -2.34. The van der Waals surface area contributed by atoms with E-state index in [9.17, 15) is 4.79 Å². The molecule has 3 N–H and O–H groups in total. The average molecular weight is 351 g/mol. The third-order valence-corrected chi connectivity index (χ3v) is 5.04. The Morgan fingerprint density at radius 2 is 1.73 bits per heavy atom. The van der Waals surface area contributed by atoms with Crippen molar-refractivity contribution in [1.29, 1.82) is 0 Å². The Morgan fingerprint density at radius 3 is 2.42 bits per heavy atom. The fraction of sp³-hybridized carbons (Fsp3) is 0.409. The Labute approximate surface area is 156 Å². The maximum Gasteiger partial charge on any atom is 0.238 e. The van der Waals surface area contributed by atoms with Crippen LogP contribution in [0.15, 0.2) is 54.6 Å². The number of nitrogens with one attached hydrogen (secondary N) is 1. The van der Waals surface area contributed by atoms with Crippen LogP contribution in [0.3, 0.4) is 0 Å². The third-order valence-electron chi connectivity index (χ3n) is 5.04. The van der Waals surface area contributed by atoms with Crippen molar-refractivity contribution in [3.8, 4) is 0 Å². The number of nitrogens with two attached hydrogens (primary N) is 1. The van der Waals surface area contributed by atoms with Crippen LogP contribution in [0.1, 0.15) is 37.8 Å². The fourth-order valence-corrected chi connectivity index (χ4v) is 3.73. The minimum absolute atomic E-state index is 0.0156. The van der Waals surface area contributed by atoms with Crippen LogP contribution >= 0.6 is 0 Å². The summed E-state index contributed by atoms with van der Waals surface area (Å²) in [5.41, 5.74) is 9.62. The van der Waals surface area contributed by atoms with E-state index < -0.39 is 0 Å². The average Bonchev–Trinajstić information content (AvgIpc) is 2.95. The highest BCUT2D eigenvalue weighted by molar-refractivity contribution is 5.93. The molecule has 1 aliphatic heterocycles. The van der Waals surface area contributed by atoms with Gasteiger partial charge in [-0.3, -0.25) is 9.69 Å². The number of benzene rings is 2. The summed E-state index contributed by atoms with van der Waals surface area (Å²) in [5.74, 6) is 0.300. The molecule has 0 unspecified atom stereocenters. The highest BCUT2D eigenvalue weighted by Crippen LogP contribution is 2.30. The molecule has 1 heterocycles. The normalized spacial score (nSPS) is 20.9. The van der Waals surface area contributed by atoms with Gasteiger partial charge in [0.15, 0.2) is 0 Å². The molecule has 1 amide bonds. The molecule has 2 atom stereocenters. The van der Waals surface area contributed by atoms with E-state index in [1.165, 1.54) is 5.56 Å². The topological polar surface area (TPSA) is 58.4 Å². The largest absolute Gasteiger partial charge is 0.326 e. The molecule has 2 aromatic carbocycles. The number of rotatable bonds is 4. The predicted molar refractivity (Wildman–Crippen MR) is 107 cm³/mol. The quantitative estimate of drug-likeness (QED) is 0.888. The third kappa shape index (κ3) is 4.32. The highest BCUT2D eigenvalue weighted by Gasteiger charge is 2.32. The minimum Gasteiger partial charge on any atom is -0.326 e. The van der Waals surface area contributed by atoms with Crippen molar-refractivity contribution in [3.05, 3.63) is 65.7 Å². The predicted octanol–water partition coefficient (Wildman–Crippen LogP) is 3.35. The summed E-state index contributed by atoms with van der Waals surface area (Å²) in [5, 5.41) is 3.09. The van der Waals surface area contributed by atoms with Gasteiger partial charge in [0.05, 0.1) is 6.54 Å². The molecular weight excluding hydrogens is 322 g/mol. The van der Waals surface area contributed by atoms with Crippen molar-refractivity contribution in [2.45, 2.75) is 38.1 Å². The van der Waals surface area contributed by atoms with Gasteiger partial charge >= 0.3 is 0 Å². The first-order chi connectivity index (χ1) is 12.3. The van der Waals surface area contributed by atoms with Crippen molar-refractivity contribution in [2.24, 2.45) is 5.73 Å². The molecule has 0 saturated carbocycles. The van der Waals surface area contributed by atoms with Crippen molar-refractivity contribution in [1.82, 2.24) is 4.90 Å². The second kappa shape index (κ2) is 7.60. The number of hydrogen-bond acceptors (Lipinski definition) is 3. The number of anilines is 1. The van der Waals surface area contributed by atoms with Crippen LogP contribution in [0.2, 0.25) is 0 Å². The molecule has 138 valence electrons. The van der Waals surface area contributed by atoms with Crippen molar-refractivity contribution < 1.29 is 4.79 Å². The molecule has 0 bridgehead atoms. The Morgan fingerprint density at radius 1 is 1.08 bits per heavy atom. The lowest BCUT2D eigenvalue weighted by molar-refractivity contribution is -0.117. The van der Waals surface area contributed by atoms with E-state index in [-0.39, 0.29) is 23.3 Å². The monoisotopic (exact) mass is 351 g/mol. The number of carbonyl (C=O) groups excluding carboxylic acids is 1. The number of hydrogen-bond donors (Lipinski definition) is 2. The van der Waals surface area contributed by atoms with Crippen LogP contribution in [0.5, 0.6) is 0 Å². The molecule has 0 aromatic heterocycles. The molecule has 26 heavy (non-hydrogen) atoms. The highest BCUT2D eigenvalue weighted by atomic mass is 16.2. The van der Waals surface area contributed by atoms with Crippen LogP contribution < -0.4 is 11.1 Å². The molecule has 4 heteroatoms. The Kier molecular flexibility index (Phi) is 5.44. The van der Waals surface area contributed by atoms with Crippen LogP contribution in [0.4, 0.5) is 5.69 Å². The first-order valence-electron chi connectivity index (χ1n) is 9.27. The maximum absolute atomic E-state index is 12.6. The van der Waals surface area contributed by atoms with E-state index in [2.05, 4.69) is 49.2 Å². The summed E-state index contributed by atoms with van der Waals surface area (Å²) in [4.78, 5) is 14.8. The zero-order valence-corrected chi connectivity index (χ0v) is 15.9. The number of nitrogens with zero attached hydrogens (tertiary/aromatic N) is 1. The van der Waals surface area contributed by atoms with Crippen LogP contribution in [-0.4, -0.2) is 36.5 Å².